The first-order chi connectivity index (χ1) is 9.99. The number of hydrogen-bond acceptors (Lipinski definition) is 3. The summed E-state index contributed by atoms with van der Waals surface area (Å²) in [7, 11) is 0. The number of carbonyl (C=O) groups is 2. The molecule has 0 atom stereocenters. The van der Waals surface area contributed by atoms with Crippen molar-refractivity contribution in [2.75, 3.05) is 4.90 Å². The second-order valence-electron chi connectivity index (χ2n) is 4.42. The number of amides is 1. The van der Waals surface area contributed by atoms with Crippen LogP contribution < -0.4 is 4.90 Å². The molecule has 0 aliphatic carbocycles. The second kappa shape index (κ2) is 5.40. The van der Waals surface area contributed by atoms with Crippen LogP contribution in [0.15, 0.2) is 34.8 Å². The van der Waals surface area contributed by atoms with Crippen LogP contribution in [0.4, 0.5) is 5.69 Å². The van der Waals surface area contributed by atoms with Crippen LogP contribution in [0.5, 0.6) is 0 Å². The van der Waals surface area contributed by atoms with E-state index in [1.165, 1.54) is 4.90 Å². The number of hydrogen-bond donors (Lipinski definition) is 0. The molecular formula is C14H7BrCl2N2O2. The Morgan fingerprint density at radius 1 is 1.14 bits per heavy atom. The molecule has 1 aromatic heterocycles. The Bertz CT molecular complexity index is 780. The summed E-state index contributed by atoms with van der Waals surface area (Å²) >= 11 is 15.3. The Morgan fingerprint density at radius 2 is 1.90 bits per heavy atom. The van der Waals surface area contributed by atoms with Crippen LogP contribution in [-0.4, -0.2) is 16.7 Å². The molecule has 0 saturated heterocycles. The highest BCUT2D eigenvalue weighted by molar-refractivity contribution is 9.10. The molecule has 0 N–H and O–H groups in total. The first-order valence-corrected chi connectivity index (χ1v) is 7.49. The second-order valence-corrected chi connectivity index (χ2v) is 6.07. The van der Waals surface area contributed by atoms with E-state index in [-0.39, 0.29) is 11.7 Å². The molecule has 21 heavy (non-hydrogen) atoms. The molecular weight excluding hydrogens is 379 g/mol. The fourth-order valence-electron chi connectivity index (χ4n) is 2.18. The summed E-state index contributed by atoms with van der Waals surface area (Å²) in [6.45, 7) is 0.0829. The van der Waals surface area contributed by atoms with Crippen molar-refractivity contribution in [3.05, 3.63) is 56.2 Å². The maximum atomic E-state index is 12.2. The van der Waals surface area contributed by atoms with Gasteiger partial charge in [0.15, 0.2) is 0 Å². The molecule has 0 spiro atoms. The van der Waals surface area contributed by atoms with Gasteiger partial charge in [-0.25, -0.2) is 4.98 Å². The smallest absolute Gasteiger partial charge is 0.298 e. The summed E-state index contributed by atoms with van der Waals surface area (Å²) in [6.07, 6.45) is 0. The number of benzene rings is 1. The van der Waals surface area contributed by atoms with Gasteiger partial charge in [0.2, 0.25) is 0 Å². The minimum Gasteiger partial charge on any atom is -0.298 e. The number of halogens is 3. The molecule has 2 heterocycles. The SMILES string of the molecule is O=C1C(=O)N(Cc2nc(Cl)ccc2Cl)c2c(Br)cccc21. The van der Waals surface area contributed by atoms with Crippen LogP contribution in [0.2, 0.25) is 10.2 Å². The largest absolute Gasteiger partial charge is 0.299 e. The molecule has 0 bridgehead atoms. The van der Waals surface area contributed by atoms with Crippen LogP contribution in [0.3, 0.4) is 0 Å². The van der Waals surface area contributed by atoms with Crippen LogP contribution in [0.25, 0.3) is 0 Å². The van der Waals surface area contributed by atoms with Gasteiger partial charge in [-0.05, 0) is 40.2 Å². The molecule has 7 heteroatoms. The Morgan fingerprint density at radius 3 is 2.67 bits per heavy atom. The lowest BCUT2D eigenvalue weighted by Crippen LogP contribution is -2.29. The highest BCUT2D eigenvalue weighted by atomic mass is 79.9. The first-order valence-electron chi connectivity index (χ1n) is 5.94. The van der Waals surface area contributed by atoms with Crippen molar-refractivity contribution in [1.29, 1.82) is 0 Å². The van der Waals surface area contributed by atoms with Gasteiger partial charge in [0.05, 0.1) is 28.5 Å². The summed E-state index contributed by atoms with van der Waals surface area (Å²) in [5.74, 6) is -1.14. The number of ketones is 1. The van der Waals surface area contributed by atoms with Crippen molar-refractivity contribution in [3.8, 4) is 0 Å². The van der Waals surface area contributed by atoms with E-state index in [0.29, 0.717) is 26.4 Å². The molecule has 0 saturated carbocycles. The molecule has 0 fully saturated rings. The number of anilines is 1. The number of rotatable bonds is 2. The van der Waals surface area contributed by atoms with E-state index in [1.807, 2.05) is 0 Å². The van der Waals surface area contributed by atoms with Gasteiger partial charge >= 0.3 is 0 Å². The van der Waals surface area contributed by atoms with E-state index in [4.69, 9.17) is 23.2 Å². The first kappa shape index (κ1) is 14.5. The van der Waals surface area contributed by atoms with Crippen molar-refractivity contribution in [2.24, 2.45) is 0 Å². The van der Waals surface area contributed by atoms with Gasteiger partial charge in [-0.3, -0.25) is 14.5 Å². The van der Waals surface area contributed by atoms with Gasteiger partial charge in [-0.1, -0.05) is 29.3 Å². The zero-order valence-electron chi connectivity index (χ0n) is 10.4. The molecule has 1 aliphatic heterocycles. The predicted molar refractivity (Wildman–Crippen MR) is 83.9 cm³/mol. The van der Waals surface area contributed by atoms with E-state index >= 15 is 0 Å². The van der Waals surface area contributed by atoms with E-state index in [1.54, 1.807) is 30.3 Å². The Labute approximate surface area is 138 Å². The summed E-state index contributed by atoms with van der Waals surface area (Å²) in [4.78, 5) is 29.6. The summed E-state index contributed by atoms with van der Waals surface area (Å²) < 4.78 is 0.664. The molecule has 4 nitrogen and oxygen atoms in total. The van der Waals surface area contributed by atoms with E-state index in [2.05, 4.69) is 20.9 Å². The van der Waals surface area contributed by atoms with Crippen LogP contribution >= 0.6 is 39.1 Å². The fourth-order valence-corrected chi connectivity index (χ4v) is 3.09. The van der Waals surface area contributed by atoms with Gasteiger partial charge < -0.3 is 0 Å². The van der Waals surface area contributed by atoms with Crippen LogP contribution in [-0.2, 0) is 11.3 Å². The summed E-state index contributed by atoms with van der Waals surface area (Å²) in [5.41, 5.74) is 1.34. The van der Waals surface area contributed by atoms with Crippen molar-refractivity contribution >= 4 is 56.5 Å². The minimum absolute atomic E-state index is 0.0829. The zero-order valence-corrected chi connectivity index (χ0v) is 13.5. The van der Waals surface area contributed by atoms with Crippen molar-refractivity contribution < 1.29 is 9.59 Å². The quantitative estimate of drug-likeness (QED) is 0.582. The predicted octanol–water partition coefficient (Wildman–Crippen LogP) is 3.88. The number of pyridine rings is 1. The molecule has 0 unspecified atom stereocenters. The maximum absolute atomic E-state index is 12.2. The monoisotopic (exact) mass is 384 g/mol. The third kappa shape index (κ3) is 2.46. The Hall–Kier alpha value is -1.43. The average molecular weight is 386 g/mol. The summed E-state index contributed by atoms with van der Waals surface area (Å²) in [6, 6.07) is 8.27. The van der Waals surface area contributed by atoms with Gasteiger partial charge in [0.25, 0.3) is 11.7 Å². The molecule has 2 aromatic rings. The third-order valence-corrected chi connectivity index (χ3v) is 4.33. The van der Waals surface area contributed by atoms with E-state index < -0.39 is 11.7 Å². The van der Waals surface area contributed by atoms with Crippen molar-refractivity contribution in [2.45, 2.75) is 6.54 Å². The van der Waals surface area contributed by atoms with Gasteiger partial charge in [0.1, 0.15) is 5.15 Å². The molecule has 1 amide bonds. The third-order valence-electron chi connectivity index (χ3n) is 3.13. The molecule has 3 rings (SSSR count). The number of Topliss-reactive ketones (excluding diaryl/α,β-unsaturated/α-hetero) is 1. The minimum atomic E-state index is -0.602. The summed E-state index contributed by atoms with van der Waals surface area (Å²) in [5, 5.41) is 0.667. The topological polar surface area (TPSA) is 50.3 Å². The number of para-hydroxylation sites is 1. The highest BCUT2D eigenvalue weighted by Crippen LogP contribution is 2.37. The number of aromatic nitrogens is 1. The van der Waals surface area contributed by atoms with Gasteiger partial charge in [-0.15, -0.1) is 0 Å². The molecule has 1 aromatic carbocycles. The molecule has 1 aliphatic rings. The normalized spacial score (nSPS) is 13.8. The Balaban J connectivity index is 2.06. The fraction of sp³-hybridized carbons (Fsp3) is 0.0714. The van der Waals surface area contributed by atoms with Crippen molar-refractivity contribution in [1.82, 2.24) is 4.98 Å². The number of nitrogens with zero attached hydrogens (tertiary/aromatic N) is 2. The lowest BCUT2D eigenvalue weighted by atomic mass is 10.1. The van der Waals surface area contributed by atoms with E-state index in [9.17, 15) is 9.59 Å². The van der Waals surface area contributed by atoms with Crippen molar-refractivity contribution in [3.63, 3.8) is 0 Å². The number of carbonyl (C=O) groups excluding carboxylic acids is 2. The lowest BCUT2D eigenvalue weighted by Gasteiger charge is -2.18. The lowest BCUT2D eigenvalue weighted by molar-refractivity contribution is -0.114. The standard InChI is InChI=1S/C14H7BrCl2N2O2/c15-8-3-1-2-7-12(8)19(14(21)13(7)20)6-10-9(16)4-5-11(17)18-10/h1-5H,6H2. The molecule has 0 radical (unpaired) electrons. The highest BCUT2D eigenvalue weighted by Gasteiger charge is 2.37. The van der Waals surface area contributed by atoms with Crippen LogP contribution in [0, 0.1) is 0 Å². The zero-order chi connectivity index (χ0) is 15.1. The molecule has 106 valence electrons. The van der Waals surface area contributed by atoms with E-state index in [0.717, 1.165) is 0 Å². The van der Waals surface area contributed by atoms with Crippen LogP contribution in [0.1, 0.15) is 16.1 Å². The van der Waals surface area contributed by atoms with Gasteiger partial charge in [-0.2, -0.15) is 0 Å². The van der Waals surface area contributed by atoms with Gasteiger partial charge in [0, 0.05) is 4.47 Å². The number of fused-ring (bicyclic) bond motifs is 1. The Kier molecular flexibility index (Phi) is 3.73. The average Bonchev–Trinajstić information content (AvgIpc) is 2.69. The maximum Gasteiger partial charge on any atom is 0.299 e.